The Bertz CT molecular complexity index is 708. The molecular weight excluding hydrogens is 328 g/mol. The predicted molar refractivity (Wildman–Crippen MR) is 102 cm³/mol. The predicted octanol–water partition coefficient (Wildman–Crippen LogP) is 3.91. The number of hydrogen-bond acceptors (Lipinski definition) is 4. The molecule has 1 N–H and O–H groups in total. The van der Waals surface area contributed by atoms with Gasteiger partial charge in [-0.1, -0.05) is 48.5 Å². The third kappa shape index (κ3) is 4.35. The molecule has 2 atom stereocenters. The number of ether oxygens (including phenoxy) is 2. The zero-order valence-corrected chi connectivity index (χ0v) is 15.4. The molecule has 1 heterocycles. The summed E-state index contributed by atoms with van der Waals surface area (Å²) in [6, 6.07) is 19.9. The summed E-state index contributed by atoms with van der Waals surface area (Å²) in [7, 11) is 1.69. The van der Waals surface area contributed by atoms with Crippen molar-refractivity contribution in [3.8, 4) is 0 Å². The summed E-state index contributed by atoms with van der Waals surface area (Å²) in [5, 5.41) is 3.54. The molecule has 26 heavy (non-hydrogen) atoms. The summed E-state index contributed by atoms with van der Waals surface area (Å²) in [6.07, 6.45) is 0.495. The highest BCUT2D eigenvalue weighted by Crippen LogP contribution is 2.28. The van der Waals surface area contributed by atoms with Gasteiger partial charge in [0, 0.05) is 19.3 Å². The summed E-state index contributed by atoms with van der Waals surface area (Å²) < 4.78 is 11.3. The van der Waals surface area contributed by atoms with Crippen LogP contribution in [-0.4, -0.2) is 42.8 Å². The molecule has 5 heteroatoms. The standard InChI is InChI=1S/C21H26N2O3/c1-21(25-2)16-23(20(24)26-15-17-9-5-3-6-10-17)14-13-19(21)22-18-11-7-4-8-12-18/h3-12,19,22H,13-16H2,1-2H3/t19-,21+/m0/s1. The van der Waals surface area contributed by atoms with Crippen LogP contribution in [-0.2, 0) is 16.1 Å². The largest absolute Gasteiger partial charge is 0.445 e. The summed E-state index contributed by atoms with van der Waals surface area (Å²) in [5.74, 6) is 0. The van der Waals surface area contributed by atoms with Crippen molar-refractivity contribution in [3.63, 3.8) is 0 Å². The first-order valence-electron chi connectivity index (χ1n) is 8.93. The Hall–Kier alpha value is -2.53. The molecule has 5 nitrogen and oxygen atoms in total. The normalized spacial score (nSPS) is 22.7. The number of carbonyl (C=O) groups is 1. The minimum atomic E-state index is -0.486. The fourth-order valence-corrected chi connectivity index (χ4v) is 3.29. The van der Waals surface area contributed by atoms with E-state index >= 15 is 0 Å². The molecule has 2 aromatic carbocycles. The SMILES string of the molecule is CO[C@]1(C)CN(C(=O)OCc2ccccc2)CC[C@@H]1Nc1ccccc1. The van der Waals surface area contributed by atoms with Crippen LogP contribution in [0.3, 0.4) is 0 Å². The van der Waals surface area contributed by atoms with Gasteiger partial charge in [0.25, 0.3) is 0 Å². The molecule has 0 unspecified atom stereocenters. The summed E-state index contributed by atoms with van der Waals surface area (Å²) >= 11 is 0. The second-order valence-corrected chi connectivity index (χ2v) is 6.83. The van der Waals surface area contributed by atoms with Gasteiger partial charge in [-0.05, 0) is 31.0 Å². The first-order valence-corrected chi connectivity index (χ1v) is 8.93. The third-order valence-corrected chi connectivity index (χ3v) is 4.97. The van der Waals surface area contributed by atoms with Crippen LogP contribution in [0.15, 0.2) is 60.7 Å². The van der Waals surface area contributed by atoms with Crippen LogP contribution in [0, 0.1) is 0 Å². The number of methoxy groups -OCH3 is 1. The Kier molecular flexibility index (Phi) is 5.78. The van der Waals surface area contributed by atoms with Crippen LogP contribution in [0.25, 0.3) is 0 Å². The van der Waals surface area contributed by atoms with Gasteiger partial charge in [0.05, 0.1) is 12.6 Å². The van der Waals surface area contributed by atoms with Crippen LogP contribution in [0.1, 0.15) is 18.9 Å². The summed E-state index contributed by atoms with van der Waals surface area (Å²) in [5.41, 5.74) is 1.55. The van der Waals surface area contributed by atoms with Crippen LogP contribution in [0.5, 0.6) is 0 Å². The van der Waals surface area contributed by atoms with Crippen molar-refractivity contribution >= 4 is 11.8 Å². The number of hydrogen-bond donors (Lipinski definition) is 1. The monoisotopic (exact) mass is 354 g/mol. The number of para-hydroxylation sites is 1. The molecular formula is C21H26N2O3. The number of nitrogens with zero attached hydrogens (tertiary/aromatic N) is 1. The van der Waals surface area contributed by atoms with E-state index < -0.39 is 5.60 Å². The maximum absolute atomic E-state index is 12.5. The molecule has 0 spiro atoms. The first kappa shape index (κ1) is 18.3. The van der Waals surface area contributed by atoms with Gasteiger partial charge in [-0.2, -0.15) is 0 Å². The van der Waals surface area contributed by atoms with E-state index in [1.165, 1.54) is 0 Å². The molecule has 0 aliphatic carbocycles. The molecule has 3 rings (SSSR count). The molecule has 0 saturated carbocycles. The third-order valence-electron chi connectivity index (χ3n) is 4.97. The first-order chi connectivity index (χ1) is 12.6. The fourth-order valence-electron chi connectivity index (χ4n) is 3.29. The van der Waals surface area contributed by atoms with Crippen molar-refractivity contribution in [2.75, 3.05) is 25.5 Å². The maximum Gasteiger partial charge on any atom is 0.410 e. The number of carbonyl (C=O) groups excluding carboxylic acids is 1. The molecule has 1 aliphatic rings. The number of amides is 1. The Labute approximate surface area is 154 Å². The lowest BCUT2D eigenvalue weighted by molar-refractivity contribution is -0.0570. The van der Waals surface area contributed by atoms with Gasteiger partial charge in [0.15, 0.2) is 0 Å². The number of benzene rings is 2. The van der Waals surface area contributed by atoms with Crippen molar-refractivity contribution in [2.24, 2.45) is 0 Å². The zero-order chi connectivity index (χ0) is 18.4. The van der Waals surface area contributed by atoms with E-state index in [2.05, 4.69) is 5.32 Å². The van der Waals surface area contributed by atoms with Crippen LogP contribution in [0.4, 0.5) is 10.5 Å². The molecule has 138 valence electrons. The summed E-state index contributed by atoms with van der Waals surface area (Å²) in [4.78, 5) is 14.2. The highest BCUT2D eigenvalue weighted by atomic mass is 16.6. The Morgan fingerprint density at radius 1 is 1.15 bits per heavy atom. The van der Waals surface area contributed by atoms with Crippen LogP contribution >= 0.6 is 0 Å². The lowest BCUT2D eigenvalue weighted by atomic mass is 9.88. The quantitative estimate of drug-likeness (QED) is 0.884. The van der Waals surface area contributed by atoms with Gasteiger partial charge < -0.3 is 19.7 Å². The smallest absolute Gasteiger partial charge is 0.410 e. The number of piperidine rings is 1. The van der Waals surface area contributed by atoms with E-state index in [9.17, 15) is 4.79 Å². The van der Waals surface area contributed by atoms with Gasteiger partial charge in [-0.3, -0.25) is 0 Å². The summed E-state index contributed by atoms with van der Waals surface area (Å²) in [6.45, 7) is 3.44. The van der Waals surface area contributed by atoms with Crippen LogP contribution < -0.4 is 5.32 Å². The molecule has 0 bridgehead atoms. The van der Waals surface area contributed by atoms with Crippen LogP contribution in [0.2, 0.25) is 0 Å². The van der Waals surface area contributed by atoms with Gasteiger partial charge in [-0.15, -0.1) is 0 Å². The number of rotatable bonds is 5. The molecule has 1 fully saturated rings. The van der Waals surface area contributed by atoms with Crippen molar-refractivity contribution in [3.05, 3.63) is 66.2 Å². The van der Waals surface area contributed by atoms with E-state index in [-0.39, 0.29) is 18.7 Å². The second-order valence-electron chi connectivity index (χ2n) is 6.83. The zero-order valence-electron chi connectivity index (χ0n) is 15.4. The highest BCUT2D eigenvalue weighted by molar-refractivity contribution is 5.68. The van der Waals surface area contributed by atoms with E-state index in [4.69, 9.17) is 9.47 Å². The Balaban J connectivity index is 1.59. The Morgan fingerprint density at radius 2 is 1.81 bits per heavy atom. The van der Waals surface area contributed by atoms with E-state index in [0.717, 1.165) is 17.7 Å². The molecule has 2 aromatic rings. The van der Waals surface area contributed by atoms with E-state index in [0.29, 0.717) is 13.1 Å². The number of anilines is 1. The fraction of sp³-hybridized carbons (Fsp3) is 0.381. The van der Waals surface area contributed by atoms with Crippen molar-refractivity contribution in [1.82, 2.24) is 4.90 Å². The maximum atomic E-state index is 12.5. The average Bonchev–Trinajstić information content (AvgIpc) is 2.69. The molecule has 1 saturated heterocycles. The molecule has 0 radical (unpaired) electrons. The van der Waals surface area contributed by atoms with Crippen molar-refractivity contribution in [1.29, 1.82) is 0 Å². The van der Waals surface area contributed by atoms with E-state index in [1.54, 1.807) is 12.0 Å². The Morgan fingerprint density at radius 3 is 2.46 bits per heavy atom. The minimum Gasteiger partial charge on any atom is -0.445 e. The van der Waals surface area contributed by atoms with Gasteiger partial charge >= 0.3 is 6.09 Å². The average molecular weight is 354 g/mol. The highest BCUT2D eigenvalue weighted by Gasteiger charge is 2.42. The minimum absolute atomic E-state index is 0.119. The van der Waals surface area contributed by atoms with Crippen molar-refractivity contribution < 1.29 is 14.3 Å². The number of nitrogens with one attached hydrogen (secondary N) is 1. The van der Waals surface area contributed by atoms with Gasteiger partial charge in [-0.25, -0.2) is 4.79 Å². The van der Waals surface area contributed by atoms with Gasteiger partial charge in [0.2, 0.25) is 0 Å². The molecule has 1 aliphatic heterocycles. The molecule has 1 amide bonds. The molecule has 0 aromatic heterocycles. The van der Waals surface area contributed by atoms with Crippen molar-refractivity contribution in [2.45, 2.75) is 31.6 Å². The lowest BCUT2D eigenvalue weighted by Crippen LogP contribution is -2.60. The number of likely N-dealkylation sites (tertiary alicyclic amines) is 1. The topological polar surface area (TPSA) is 50.8 Å². The second kappa shape index (κ2) is 8.23. The van der Waals surface area contributed by atoms with Gasteiger partial charge in [0.1, 0.15) is 12.2 Å². The van der Waals surface area contributed by atoms with E-state index in [1.807, 2.05) is 67.6 Å². The lowest BCUT2D eigenvalue weighted by Gasteiger charge is -2.45.